The zero-order valence-corrected chi connectivity index (χ0v) is 12.8. The molecular weight excluding hydrogens is 266 g/mol. The topological polar surface area (TPSA) is 83.4 Å². The summed E-state index contributed by atoms with van der Waals surface area (Å²) in [5.74, 6) is -1.43. The lowest BCUT2D eigenvalue weighted by molar-refractivity contribution is -0.147. The Balaban J connectivity index is 3.16. The molecule has 1 N–H and O–H groups in total. The molecule has 7 heteroatoms. The van der Waals surface area contributed by atoms with Gasteiger partial charge in [0.2, 0.25) is 0 Å². The van der Waals surface area contributed by atoms with Crippen LogP contribution in [0.15, 0.2) is 0 Å². The number of hydrogen-bond acceptors (Lipinski definition) is 5. The molecule has 0 aliphatic heterocycles. The Morgan fingerprint density at radius 1 is 1.21 bits per heavy atom. The molecule has 19 heavy (non-hydrogen) atoms. The lowest BCUT2D eigenvalue weighted by Crippen LogP contribution is -2.50. The number of hydrogen-bond donors (Lipinski definition) is 1. The van der Waals surface area contributed by atoms with Crippen molar-refractivity contribution in [2.75, 3.05) is 7.05 Å². The molecule has 0 atom stereocenters. The molecule has 106 valence electrons. The summed E-state index contributed by atoms with van der Waals surface area (Å²) >= 11 is 0.995. The fourth-order valence-corrected chi connectivity index (χ4v) is 2.22. The van der Waals surface area contributed by atoms with E-state index in [9.17, 15) is 9.59 Å². The minimum absolute atomic E-state index is 0.313. The van der Waals surface area contributed by atoms with E-state index in [2.05, 4.69) is 9.59 Å². The maximum atomic E-state index is 12.4. The predicted octanol–water partition coefficient (Wildman–Crippen LogP) is 1.77. The van der Waals surface area contributed by atoms with Gasteiger partial charge in [0.05, 0.1) is 5.69 Å². The van der Waals surface area contributed by atoms with Crippen LogP contribution in [0, 0.1) is 0 Å². The summed E-state index contributed by atoms with van der Waals surface area (Å²) in [6, 6.07) is 0. The molecule has 1 rings (SSSR count). The summed E-state index contributed by atoms with van der Waals surface area (Å²) in [6.07, 6.45) is 0. The van der Waals surface area contributed by atoms with Crippen LogP contribution in [-0.4, -0.2) is 44.1 Å². The van der Waals surface area contributed by atoms with Gasteiger partial charge in [-0.3, -0.25) is 4.79 Å². The van der Waals surface area contributed by atoms with Crippen molar-refractivity contribution >= 4 is 23.4 Å². The summed E-state index contributed by atoms with van der Waals surface area (Å²) in [6.45, 7) is 8.77. The van der Waals surface area contributed by atoms with Crippen LogP contribution in [0.2, 0.25) is 0 Å². The third kappa shape index (κ3) is 2.91. The molecular formula is C12H19N3O3S. The first kappa shape index (κ1) is 15.6. The van der Waals surface area contributed by atoms with E-state index in [1.807, 2.05) is 20.8 Å². The van der Waals surface area contributed by atoms with Crippen molar-refractivity contribution in [3.63, 3.8) is 0 Å². The van der Waals surface area contributed by atoms with Gasteiger partial charge >= 0.3 is 5.97 Å². The minimum atomic E-state index is -1.28. The molecule has 1 aromatic rings. The number of amides is 1. The molecule has 1 heterocycles. The second-order valence-electron chi connectivity index (χ2n) is 5.93. The van der Waals surface area contributed by atoms with Gasteiger partial charge in [-0.2, -0.15) is 0 Å². The average molecular weight is 285 g/mol. The van der Waals surface area contributed by atoms with Crippen molar-refractivity contribution in [3.05, 3.63) is 10.6 Å². The standard InChI is InChI=1S/C12H19N3O3S/c1-11(2,3)8-7(19-14-13-8)9(16)15(6)12(4,5)10(17)18/h1-6H3,(H,17,18). The Morgan fingerprint density at radius 2 is 1.74 bits per heavy atom. The molecule has 6 nitrogen and oxygen atoms in total. The van der Waals surface area contributed by atoms with Crippen LogP contribution in [0.25, 0.3) is 0 Å². The molecule has 0 saturated heterocycles. The smallest absolute Gasteiger partial charge is 0.329 e. The summed E-state index contributed by atoms with van der Waals surface area (Å²) in [5.41, 5.74) is -1.00. The van der Waals surface area contributed by atoms with Gasteiger partial charge in [0.1, 0.15) is 10.4 Å². The molecule has 0 fully saturated rings. The highest BCUT2D eigenvalue weighted by atomic mass is 32.1. The average Bonchev–Trinajstić information content (AvgIpc) is 2.75. The highest BCUT2D eigenvalue weighted by Gasteiger charge is 2.38. The zero-order chi connectivity index (χ0) is 15.0. The van der Waals surface area contributed by atoms with Crippen LogP contribution >= 0.6 is 11.5 Å². The highest BCUT2D eigenvalue weighted by Crippen LogP contribution is 2.28. The van der Waals surface area contributed by atoms with Crippen LogP contribution < -0.4 is 0 Å². The monoisotopic (exact) mass is 285 g/mol. The van der Waals surface area contributed by atoms with E-state index < -0.39 is 11.5 Å². The third-order valence-corrected chi connectivity index (χ3v) is 3.77. The second-order valence-corrected chi connectivity index (χ2v) is 6.68. The SMILES string of the molecule is CN(C(=O)c1snnc1C(C)(C)C)C(C)(C)C(=O)O. The van der Waals surface area contributed by atoms with Crippen LogP contribution in [0.4, 0.5) is 0 Å². The second kappa shape index (κ2) is 4.88. The molecule has 0 aliphatic rings. The lowest BCUT2D eigenvalue weighted by Gasteiger charge is -2.31. The van der Waals surface area contributed by atoms with E-state index in [4.69, 9.17) is 5.11 Å². The molecule has 0 unspecified atom stereocenters. The molecule has 0 spiro atoms. The van der Waals surface area contributed by atoms with Gasteiger partial charge in [-0.1, -0.05) is 25.3 Å². The molecule has 1 amide bonds. The number of carbonyl (C=O) groups excluding carboxylic acids is 1. The quantitative estimate of drug-likeness (QED) is 0.915. The Bertz CT molecular complexity index is 503. The number of nitrogens with zero attached hydrogens (tertiary/aromatic N) is 3. The van der Waals surface area contributed by atoms with Crippen LogP contribution in [0.5, 0.6) is 0 Å². The Hall–Kier alpha value is -1.50. The first-order valence-corrected chi connectivity index (χ1v) is 6.61. The summed E-state index contributed by atoms with van der Waals surface area (Å²) < 4.78 is 3.82. The van der Waals surface area contributed by atoms with E-state index >= 15 is 0 Å². The highest BCUT2D eigenvalue weighted by molar-refractivity contribution is 7.08. The van der Waals surface area contributed by atoms with E-state index in [0.29, 0.717) is 10.6 Å². The number of carbonyl (C=O) groups is 2. The van der Waals surface area contributed by atoms with E-state index in [1.54, 1.807) is 0 Å². The summed E-state index contributed by atoms with van der Waals surface area (Å²) in [4.78, 5) is 25.2. The number of aromatic nitrogens is 2. The maximum absolute atomic E-state index is 12.4. The Labute approximate surface area is 116 Å². The summed E-state index contributed by atoms with van der Waals surface area (Å²) in [5, 5.41) is 13.2. The molecule has 0 bridgehead atoms. The first-order valence-electron chi connectivity index (χ1n) is 5.84. The predicted molar refractivity (Wildman–Crippen MR) is 72.4 cm³/mol. The third-order valence-electron chi connectivity index (χ3n) is 3.06. The number of aliphatic carboxylic acids is 1. The van der Waals surface area contributed by atoms with Crippen molar-refractivity contribution in [1.82, 2.24) is 14.5 Å². The fourth-order valence-electron chi connectivity index (χ4n) is 1.37. The van der Waals surface area contributed by atoms with Crippen molar-refractivity contribution in [3.8, 4) is 0 Å². The van der Waals surface area contributed by atoms with Crippen LogP contribution in [-0.2, 0) is 10.2 Å². The summed E-state index contributed by atoms with van der Waals surface area (Å²) in [7, 11) is 1.47. The van der Waals surface area contributed by atoms with Gasteiger partial charge in [0.15, 0.2) is 0 Å². The molecule has 0 saturated carbocycles. The maximum Gasteiger partial charge on any atom is 0.329 e. The first-order chi connectivity index (χ1) is 8.49. The molecule has 1 aromatic heterocycles. The lowest BCUT2D eigenvalue weighted by atomic mass is 9.91. The van der Waals surface area contributed by atoms with Crippen molar-refractivity contribution in [2.24, 2.45) is 0 Å². The van der Waals surface area contributed by atoms with Crippen molar-refractivity contribution in [1.29, 1.82) is 0 Å². The number of rotatable bonds is 3. The van der Waals surface area contributed by atoms with Crippen LogP contribution in [0.3, 0.4) is 0 Å². The van der Waals surface area contributed by atoms with Gasteiger partial charge in [-0.25, -0.2) is 4.79 Å². The minimum Gasteiger partial charge on any atom is -0.480 e. The molecule has 0 aromatic carbocycles. The van der Waals surface area contributed by atoms with Gasteiger partial charge in [0.25, 0.3) is 5.91 Å². The molecule has 0 aliphatic carbocycles. The van der Waals surface area contributed by atoms with Crippen LogP contribution in [0.1, 0.15) is 50.0 Å². The number of carboxylic acids is 1. The van der Waals surface area contributed by atoms with E-state index in [1.165, 1.54) is 25.8 Å². The van der Waals surface area contributed by atoms with Crippen molar-refractivity contribution in [2.45, 2.75) is 45.6 Å². The molecule has 0 radical (unpaired) electrons. The number of likely N-dealkylation sites (N-methyl/N-ethyl adjacent to an activating group) is 1. The number of carboxylic acid groups (broad SMARTS) is 1. The van der Waals surface area contributed by atoms with Gasteiger partial charge in [-0.05, 0) is 25.4 Å². The fraction of sp³-hybridized carbons (Fsp3) is 0.667. The van der Waals surface area contributed by atoms with Gasteiger partial charge in [-0.15, -0.1) is 5.10 Å². The van der Waals surface area contributed by atoms with Gasteiger partial charge in [0, 0.05) is 12.5 Å². The van der Waals surface area contributed by atoms with Gasteiger partial charge < -0.3 is 10.0 Å². The zero-order valence-electron chi connectivity index (χ0n) is 12.0. The Morgan fingerprint density at radius 3 is 2.16 bits per heavy atom. The van der Waals surface area contributed by atoms with Crippen molar-refractivity contribution < 1.29 is 14.7 Å². The largest absolute Gasteiger partial charge is 0.480 e. The van der Waals surface area contributed by atoms with E-state index in [0.717, 1.165) is 11.5 Å². The Kier molecular flexibility index (Phi) is 4.00. The normalized spacial score (nSPS) is 12.3. The van der Waals surface area contributed by atoms with E-state index in [-0.39, 0.29) is 11.3 Å².